The van der Waals surface area contributed by atoms with Crippen LogP contribution in [-0.2, 0) is 0 Å². The normalized spacial score (nSPS) is 10.1. The minimum Gasteiger partial charge on any atom is -0.545 e. The molecule has 0 aliphatic rings. The van der Waals surface area contributed by atoms with E-state index < -0.39 is 5.97 Å². The van der Waals surface area contributed by atoms with Crippen molar-refractivity contribution < 1.29 is 14.7 Å². The van der Waals surface area contributed by atoms with Crippen LogP contribution in [0, 0.1) is 20.8 Å². The minimum atomic E-state index is -1.27. The molecule has 2 rings (SSSR count). The Morgan fingerprint density at radius 1 is 0.917 bits per heavy atom. The molecular weight excluding hydrogens is 324 g/mol. The molecule has 0 aliphatic carbocycles. The number of carbonyl (C=O) groups is 2. The third kappa shape index (κ3) is 4.17. The van der Waals surface area contributed by atoms with Gasteiger partial charge in [0.15, 0.2) is 5.11 Å². The summed E-state index contributed by atoms with van der Waals surface area (Å²) in [4.78, 5) is 23.2. The number of carboxylic acid groups (broad SMARTS) is 1. The first-order valence-electron chi connectivity index (χ1n) is 7.29. The maximum atomic E-state index is 12.2. The molecular formula is C18H17N2O3S-. The van der Waals surface area contributed by atoms with Crippen LogP contribution in [-0.4, -0.2) is 17.0 Å². The van der Waals surface area contributed by atoms with Crippen LogP contribution in [0.3, 0.4) is 0 Å². The summed E-state index contributed by atoms with van der Waals surface area (Å²) >= 11 is 5.13. The predicted octanol–water partition coefficient (Wildman–Crippen LogP) is 2.10. The second-order valence-electron chi connectivity index (χ2n) is 5.52. The van der Waals surface area contributed by atoms with Crippen molar-refractivity contribution >= 4 is 34.9 Å². The van der Waals surface area contributed by atoms with Crippen molar-refractivity contribution in [1.82, 2.24) is 5.32 Å². The van der Waals surface area contributed by atoms with Gasteiger partial charge >= 0.3 is 0 Å². The van der Waals surface area contributed by atoms with Crippen molar-refractivity contribution in [3.05, 3.63) is 64.2 Å². The Hall–Kier alpha value is -2.73. The van der Waals surface area contributed by atoms with Gasteiger partial charge in [0.2, 0.25) is 0 Å². The van der Waals surface area contributed by atoms with E-state index in [2.05, 4.69) is 10.6 Å². The van der Waals surface area contributed by atoms with Crippen molar-refractivity contribution in [3.63, 3.8) is 0 Å². The zero-order valence-corrected chi connectivity index (χ0v) is 14.4. The summed E-state index contributed by atoms with van der Waals surface area (Å²) in [5.41, 5.74) is 3.94. The average Bonchev–Trinajstić information content (AvgIpc) is 2.51. The highest BCUT2D eigenvalue weighted by Gasteiger charge is 2.10. The van der Waals surface area contributed by atoms with Crippen LogP contribution in [0.15, 0.2) is 36.4 Å². The van der Waals surface area contributed by atoms with E-state index in [1.165, 1.54) is 12.1 Å². The Bertz CT molecular complexity index is 831. The Morgan fingerprint density at radius 2 is 1.54 bits per heavy atom. The number of amides is 1. The van der Waals surface area contributed by atoms with Crippen LogP contribution in [0.4, 0.5) is 5.69 Å². The number of rotatable bonds is 3. The molecule has 2 N–H and O–H groups in total. The topological polar surface area (TPSA) is 81.3 Å². The lowest BCUT2D eigenvalue weighted by atomic mass is 10.1. The SMILES string of the molecule is Cc1ccc(C(=O)NC(=S)Nc2cc(C(=O)[O-])ccc2C)cc1C. The number of aryl methyl sites for hydroxylation is 3. The molecule has 2 aromatic rings. The number of carboxylic acids is 1. The molecule has 0 saturated carbocycles. The molecule has 0 spiro atoms. The summed E-state index contributed by atoms with van der Waals surface area (Å²) in [6, 6.07) is 9.89. The van der Waals surface area contributed by atoms with Gasteiger partial charge in [0.1, 0.15) is 0 Å². The Kier molecular flexibility index (Phi) is 5.31. The van der Waals surface area contributed by atoms with E-state index in [9.17, 15) is 14.7 Å². The first-order chi connectivity index (χ1) is 11.3. The van der Waals surface area contributed by atoms with E-state index in [0.29, 0.717) is 11.3 Å². The van der Waals surface area contributed by atoms with Gasteiger partial charge < -0.3 is 15.2 Å². The van der Waals surface area contributed by atoms with Gasteiger partial charge in [-0.05, 0) is 73.4 Å². The highest BCUT2D eigenvalue weighted by molar-refractivity contribution is 7.80. The highest BCUT2D eigenvalue weighted by atomic mass is 32.1. The Balaban J connectivity index is 2.10. The fraction of sp³-hybridized carbons (Fsp3) is 0.167. The number of benzene rings is 2. The first kappa shape index (κ1) is 17.6. The molecule has 0 aromatic heterocycles. The molecule has 0 radical (unpaired) electrons. The van der Waals surface area contributed by atoms with Crippen molar-refractivity contribution in [2.75, 3.05) is 5.32 Å². The van der Waals surface area contributed by atoms with Gasteiger partial charge in [-0.2, -0.15) is 0 Å². The fourth-order valence-electron chi connectivity index (χ4n) is 2.10. The molecule has 24 heavy (non-hydrogen) atoms. The van der Waals surface area contributed by atoms with Crippen LogP contribution in [0.2, 0.25) is 0 Å². The van der Waals surface area contributed by atoms with Crippen molar-refractivity contribution in [2.45, 2.75) is 20.8 Å². The van der Waals surface area contributed by atoms with Gasteiger partial charge in [0, 0.05) is 11.3 Å². The molecule has 0 atom stereocenters. The van der Waals surface area contributed by atoms with Gasteiger partial charge in [-0.3, -0.25) is 10.1 Å². The van der Waals surface area contributed by atoms with Crippen LogP contribution in [0.5, 0.6) is 0 Å². The van der Waals surface area contributed by atoms with Gasteiger partial charge in [-0.25, -0.2) is 0 Å². The maximum absolute atomic E-state index is 12.2. The smallest absolute Gasteiger partial charge is 0.257 e. The van der Waals surface area contributed by atoms with Gasteiger partial charge in [0.25, 0.3) is 5.91 Å². The molecule has 2 aromatic carbocycles. The van der Waals surface area contributed by atoms with E-state index >= 15 is 0 Å². The molecule has 124 valence electrons. The standard InChI is InChI=1S/C18H18N2O3S/c1-10-4-6-13(8-12(10)3)16(21)20-18(24)19-15-9-14(17(22)23)7-5-11(15)2/h4-9H,1-3H3,(H,22,23)(H2,19,20,21,24)/p-1. The maximum Gasteiger partial charge on any atom is 0.257 e. The third-order valence-electron chi connectivity index (χ3n) is 3.72. The number of carbonyl (C=O) groups excluding carboxylic acids is 2. The largest absolute Gasteiger partial charge is 0.545 e. The number of anilines is 1. The Labute approximate surface area is 145 Å². The second kappa shape index (κ2) is 7.23. The molecule has 1 amide bonds. The van der Waals surface area contributed by atoms with E-state index in [-0.39, 0.29) is 16.6 Å². The average molecular weight is 341 g/mol. The monoisotopic (exact) mass is 341 g/mol. The molecule has 0 saturated heterocycles. The summed E-state index contributed by atoms with van der Waals surface area (Å²) in [6.45, 7) is 5.70. The molecule has 6 heteroatoms. The number of thiocarbonyl (C=S) groups is 1. The molecule has 0 heterocycles. The lowest BCUT2D eigenvalue weighted by molar-refractivity contribution is -0.255. The lowest BCUT2D eigenvalue weighted by Crippen LogP contribution is -2.34. The van der Waals surface area contributed by atoms with Gasteiger partial charge in [-0.1, -0.05) is 18.2 Å². The third-order valence-corrected chi connectivity index (χ3v) is 3.92. The van der Waals surface area contributed by atoms with Crippen molar-refractivity contribution in [1.29, 1.82) is 0 Å². The molecule has 0 unspecified atom stereocenters. The van der Waals surface area contributed by atoms with Gasteiger partial charge in [0.05, 0.1) is 5.97 Å². The zero-order chi connectivity index (χ0) is 17.9. The lowest BCUT2D eigenvalue weighted by Gasteiger charge is -2.14. The molecule has 0 bridgehead atoms. The summed E-state index contributed by atoms with van der Waals surface area (Å²) in [6.07, 6.45) is 0. The van der Waals surface area contributed by atoms with E-state index in [1.807, 2.05) is 19.9 Å². The number of hydrogen-bond acceptors (Lipinski definition) is 4. The van der Waals surface area contributed by atoms with Crippen LogP contribution in [0.25, 0.3) is 0 Å². The predicted molar refractivity (Wildman–Crippen MR) is 95.1 cm³/mol. The quantitative estimate of drug-likeness (QED) is 0.836. The van der Waals surface area contributed by atoms with Crippen LogP contribution < -0.4 is 15.7 Å². The summed E-state index contributed by atoms with van der Waals surface area (Å²) in [7, 11) is 0. The van der Waals surface area contributed by atoms with E-state index in [1.54, 1.807) is 25.1 Å². The molecule has 5 nitrogen and oxygen atoms in total. The zero-order valence-electron chi connectivity index (χ0n) is 13.6. The summed E-state index contributed by atoms with van der Waals surface area (Å²) in [5.74, 6) is -1.60. The van der Waals surface area contributed by atoms with Crippen molar-refractivity contribution in [3.8, 4) is 0 Å². The van der Waals surface area contributed by atoms with Crippen LogP contribution in [0.1, 0.15) is 37.4 Å². The molecule has 0 aliphatic heterocycles. The first-order valence-corrected chi connectivity index (χ1v) is 7.70. The number of hydrogen-bond donors (Lipinski definition) is 2. The number of aromatic carboxylic acids is 1. The molecule has 0 fully saturated rings. The summed E-state index contributed by atoms with van der Waals surface area (Å²) < 4.78 is 0. The van der Waals surface area contributed by atoms with Gasteiger partial charge in [-0.15, -0.1) is 0 Å². The Morgan fingerprint density at radius 3 is 2.17 bits per heavy atom. The highest BCUT2D eigenvalue weighted by Crippen LogP contribution is 2.16. The van der Waals surface area contributed by atoms with E-state index in [0.717, 1.165) is 16.7 Å². The van der Waals surface area contributed by atoms with Crippen LogP contribution >= 0.6 is 12.2 Å². The summed E-state index contributed by atoms with van der Waals surface area (Å²) in [5, 5.41) is 16.5. The van der Waals surface area contributed by atoms with E-state index in [4.69, 9.17) is 12.2 Å². The fourth-order valence-corrected chi connectivity index (χ4v) is 2.30. The van der Waals surface area contributed by atoms with Crippen molar-refractivity contribution in [2.24, 2.45) is 0 Å². The second-order valence-corrected chi connectivity index (χ2v) is 5.93. The minimum absolute atomic E-state index is 0.0337. The number of nitrogens with one attached hydrogen (secondary N) is 2.